The Kier molecular flexibility index (Phi) is 4.95. The molecule has 1 aromatic carbocycles. The number of nitrogens with zero attached hydrogens (tertiary/aromatic N) is 1. The monoisotopic (exact) mass is 260 g/mol. The summed E-state index contributed by atoms with van der Waals surface area (Å²) in [6, 6.07) is 5.05. The minimum Gasteiger partial charge on any atom is -0.480 e. The summed E-state index contributed by atoms with van der Waals surface area (Å²) >= 11 is 0. The molecule has 1 aromatic rings. The number of anilines is 1. The molecule has 5 heteroatoms. The van der Waals surface area contributed by atoms with Crippen molar-refractivity contribution in [1.29, 1.82) is 0 Å². The molecule has 0 aliphatic heterocycles. The highest BCUT2D eigenvalue weighted by Gasteiger charge is 2.16. The highest BCUT2D eigenvalue weighted by Crippen LogP contribution is 2.16. The fraction of sp³-hybridized carbons (Fsp3) is 0.286. The van der Waals surface area contributed by atoms with Crippen LogP contribution >= 0.6 is 0 Å². The number of benzene rings is 1. The van der Waals surface area contributed by atoms with Crippen molar-refractivity contribution in [1.82, 2.24) is 4.90 Å². The third kappa shape index (κ3) is 4.36. The second-order valence-corrected chi connectivity index (χ2v) is 4.20. The SMILES string of the molecule is C#CCN(CC(=O)O)C(=O)Nc1ccc(C)cc1C. The van der Waals surface area contributed by atoms with Crippen molar-refractivity contribution in [2.75, 3.05) is 18.4 Å². The van der Waals surface area contributed by atoms with Crippen molar-refractivity contribution in [3.05, 3.63) is 29.3 Å². The number of terminal acetylenes is 1. The van der Waals surface area contributed by atoms with Crippen LogP contribution in [0.3, 0.4) is 0 Å². The Morgan fingerprint density at radius 1 is 1.42 bits per heavy atom. The second-order valence-electron chi connectivity index (χ2n) is 4.20. The number of hydrogen-bond acceptors (Lipinski definition) is 2. The van der Waals surface area contributed by atoms with E-state index in [0.717, 1.165) is 16.0 Å². The van der Waals surface area contributed by atoms with Gasteiger partial charge in [-0.05, 0) is 25.5 Å². The summed E-state index contributed by atoms with van der Waals surface area (Å²) in [6.07, 6.45) is 5.12. The van der Waals surface area contributed by atoms with Gasteiger partial charge in [-0.1, -0.05) is 23.6 Å². The lowest BCUT2D eigenvalue weighted by molar-refractivity contribution is -0.137. The largest absolute Gasteiger partial charge is 0.480 e. The molecule has 1 rings (SSSR count). The van der Waals surface area contributed by atoms with Crippen molar-refractivity contribution in [3.63, 3.8) is 0 Å². The van der Waals surface area contributed by atoms with Gasteiger partial charge >= 0.3 is 12.0 Å². The Balaban J connectivity index is 2.81. The van der Waals surface area contributed by atoms with Gasteiger partial charge in [0.1, 0.15) is 6.54 Å². The number of urea groups is 1. The van der Waals surface area contributed by atoms with E-state index >= 15 is 0 Å². The predicted octanol–water partition coefficient (Wildman–Crippen LogP) is 1.86. The second kappa shape index (κ2) is 6.45. The molecule has 100 valence electrons. The molecule has 2 N–H and O–H groups in total. The highest BCUT2D eigenvalue weighted by molar-refractivity contribution is 5.92. The van der Waals surface area contributed by atoms with Crippen LogP contribution in [0.4, 0.5) is 10.5 Å². The van der Waals surface area contributed by atoms with Crippen LogP contribution in [0.25, 0.3) is 0 Å². The van der Waals surface area contributed by atoms with Crippen LogP contribution < -0.4 is 5.32 Å². The molecule has 0 spiro atoms. The first kappa shape index (κ1) is 14.6. The molecule has 0 radical (unpaired) electrons. The summed E-state index contributed by atoms with van der Waals surface area (Å²) in [5, 5.41) is 11.4. The highest BCUT2D eigenvalue weighted by atomic mass is 16.4. The van der Waals surface area contributed by atoms with Crippen molar-refractivity contribution in [3.8, 4) is 12.3 Å². The Morgan fingerprint density at radius 3 is 2.63 bits per heavy atom. The number of carbonyl (C=O) groups is 2. The zero-order chi connectivity index (χ0) is 14.4. The minimum absolute atomic E-state index is 0.0525. The summed E-state index contributed by atoms with van der Waals surface area (Å²) in [5.74, 6) is 1.16. The van der Waals surface area contributed by atoms with Crippen molar-refractivity contribution < 1.29 is 14.7 Å². The summed E-state index contributed by atoms with van der Waals surface area (Å²) in [5.41, 5.74) is 2.63. The lowest BCUT2D eigenvalue weighted by Gasteiger charge is -2.19. The fourth-order valence-corrected chi connectivity index (χ4v) is 1.62. The first-order chi connectivity index (χ1) is 8.93. The molecule has 0 saturated carbocycles. The smallest absolute Gasteiger partial charge is 0.323 e. The van der Waals surface area contributed by atoms with Crippen LogP contribution in [0, 0.1) is 26.2 Å². The van der Waals surface area contributed by atoms with Gasteiger partial charge in [-0.25, -0.2) is 4.79 Å². The minimum atomic E-state index is -1.11. The van der Waals surface area contributed by atoms with Gasteiger partial charge in [0.15, 0.2) is 0 Å². The van der Waals surface area contributed by atoms with Gasteiger partial charge in [-0.15, -0.1) is 6.42 Å². The summed E-state index contributed by atoms with van der Waals surface area (Å²) in [7, 11) is 0. The van der Waals surface area contributed by atoms with Crippen LogP contribution in [0.15, 0.2) is 18.2 Å². The number of aliphatic carboxylic acids is 1. The Bertz CT molecular complexity index is 532. The van der Waals surface area contributed by atoms with Gasteiger partial charge in [-0.3, -0.25) is 4.79 Å². The van der Waals surface area contributed by atoms with Gasteiger partial charge < -0.3 is 15.3 Å². The number of carboxylic acids is 1. The molecule has 0 saturated heterocycles. The van der Waals surface area contributed by atoms with E-state index in [1.807, 2.05) is 26.0 Å². The van der Waals surface area contributed by atoms with Crippen LogP contribution in [0.5, 0.6) is 0 Å². The molecule has 0 bridgehead atoms. The molecular weight excluding hydrogens is 244 g/mol. The van der Waals surface area contributed by atoms with E-state index in [1.165, 1.54) is 0 Å². The maximum Gasteiger partial charge on any atom is 0.323 e. The van der Waals surface area contributed by atoms with Gasteiger partial charge in [-0.2, -0.15) is 0 Å². The maximum atomic E-state index is 11.9. The van der Waals surface area contributed by atoms with E-state index in [0.29, 0.717) is 5.69 Å². The number of rotatable bonds is 4. The number of nitrogens with one attached hydrogen (secondary N) is 1. The Labute approximate surface area is 112 Å². The molecule has 5 nitrogen and oxygen atoms in total. The third-order valence-corrected chi connectivity index (χ3v) is 2.52. The lowest BCUT2D eigenvalue weighted by atomic mass is 10.1. The van der Waals surface area contributed by atoms with Gasteiger partial charge in [0, 0.05) is 5.69 Å². The number of hydrogen-bond donors (Lipinski definition) is 2. The molecular formula is C14H16N2O3. The first-order valence-corrected chi connectivity index (χ1v) is 5.72. The van der Waals surface area contributed by atoms with E-state index in [1.54, 1.807) is 6.07 Å². The zero-order valence-electron chi connectivity index (χ0n) is 10.9. The first-order valence-electron chi connectivity index (χ1n) is 5.72. The van der Waals surface area contributed by atoms with Crippen molar-refractivity contribution in [2.45, 2.75) is 13.8 Å². The summed E-state index contributed by atoms with van der Waals surface area (Å²) in [6.45, 7) is 3.34. The third-order valence-electron chi connectivity index (χ3n) is 2.52. The van der Waals surface area contributed by atoms with Gasteiger partial charge in [0.25, 0.3) is 0 Å². The average Bonchev–Trinajstić information content (AvgIpc) is 2.31. The van der Waals surface area contributed by atoms with E-state index in [-0.39, 0.29) is 6.54 Å². The number of aryl methyl sites for hydroxylation is 2. The summed E-state index contributed by atoms with van der Waals surface area (Å²) < 4.78 is 0. The van der Waals surface area contributed by atoms with Gasteiger partial charge in [0.05, 0.1) is 6.54 Å². The molecule has 0 aliphatic carbocycles. The molecule has 19 heavy (non-hydrogen) atoms. The quantitative estimate of drug-likeness (QED) is 0.812. The number of amides is 2. The molecule has 0 unspecified atom stereocenters. The maximum absolute atomic E-state index is 11.9. The Morgan fingerprint density at radius 2 is 2.11 bits per heavy atom. The van der Waals surface area contributed by atoms with Crippen LogP contribution in [0.2, 0.25) is 0 Å². The van der Waals surface area contributed by atoms with E-state index in [4.69, 9.17) is 11.5 Å². The topological polar surface area (TPSA) is 69.6 Å². The van der Waals surface area contributed by atoms with Crippen LogP contribution in [-0.2, 0) is 4.79 Å². The fourth-order valence-electron chi connectivity index (χ4n) is 1.62. The lowest BCUT2D eigenvalue weighted by Crippen LogP contribution is -2.39. The average molecular weight is 260 g/mol. The Hall–Kier alpha value is -2.48. The standard InChI is InChI=1S/C14H16N2O3/c1-4-7-16(9-13(17)18)14(19)15-12-6-5-10(2)8-11(12)3/h1,5-6,8H,7,9H2,2-3H3,(H,15,19)(H,17,18). The van der Waals surface area contributed by atoms with Crippen molar-refractivity contribution >= 4 is 17.7 Å². The van der Waals surface area contributed by atoms with E-state index < -0.39 is 18.5 Å². The molecule has 0 heterocycles. The van der Waals surface area contributed by atoms with E-state index in [9.17, 15) is 9.59 Å². The molecule has 0 aliphatic rings. The molecule has 0 aromatic heterocycles. The molecule has 0 atom stereocenters. The van der Waals surface area contributed by atoms with Crippen LogP contribution in [0.1, 0.15) is 11.1 Å². The predicted molar refractivity (Wildman–Crippen MR) is 73.0 cm³/mol. The molecule has 0 fully saturated rings. The molecule has 2 amide bonds. The van der Waals surface area contributed by atoms with Crippen molar-refractivity contribution in [2.24, 2.45) is 0 Å². The number of carbonyl (C=O) groups excluding carboxylic acids is 1. The zero-order valence-corrected chi connectivity index (χ0v) is 10.9. The van der Waals surface area contributed by atoms with Crippen LogP contribution in [-0.4, -0.2) is 35.1 Å². The number of carboxylic acid groups (broad SMARTS) is 1. The summed E-state index contributed by atoms with van der Waals surface area (Å²) in [4.78, 5) is 23.7. The van der Waals surface area contributed by atoms with Gasteiger partial charge in [0.2, 0.25) is 0 Å². The normalized spacial score (nSPS) is 9.53. The van der Waals surface area contributed by atoms with E-state index in [2.05, 4.69) is 11.2 Å².